The average molecular weight is 475 g/mol. The van der Waals surface area contributed by atoms with Crippen molar-refractivity contribution in [2.45, 2.75) is 20.4 Å². The summed E-state index contributed by atoms with van der Waals surface area (Å²) in [6.45, 7) is 18.0. The van der Waals surface area contributed by atoms with Crippen molar-refractivity contribution in [3.05, 3.63) is 126 Å². The van der Waals surface area contributed by atoms with E-state index < -0.39 is 0 Å². The fraction of sp³-hybridized carbons (Fsp3) is 0.133. The first kappa shape index (κ1) is 23.2. The van der Waals surface area contributed by atoms with Gasteiger partial charge >= 0.3 is 0 Å². The molecule has 0 amide bonds. The minimum Gasteiger partial charge on any atom is -0.367 e. The topological polar surface area (TPSA) is 58.0 Å². The molecule has 0 bridgehead atoms. The van der Waals surface area contributed by atoms with Gasteiger partial charge in [-0.15, -0.1) is 10.2 Å². The van der Waals surface area contributed by atoms with Gasteiger partial charge in [-0.3, -0.25) is 0 Å². The Hall–Kier alpha value is -4.58. The van der Waals surface area contributed by atoms with Gasteiger partial charge < -0.3 is 15.5 Å². The zero-order valence-electron chi connectivity index (χ0n) is 20.8. The van der Waals surface area contributed by atoms with Crippen LogP contribution in [0, 0.1) is 6.92 Å². The fourth-order valence-corrected chi connectivity index (χ4v) is 4.46. The molecule has 0 atom stereocenters. The van der Waals surface area contributed by atoms with Gasteiger partial charge in [-0.1, -0.05) is 50.1 Å². The first-order valence-corrected chi connectivity index (χ1v) is 12.0. The monoisotopic (exact) mass is 474 g/mol. The van der Waals surface area contributed by atoms with Gasteiger partial charge in [0.1, 0.15) is 16.9 Å². The predicted octanol–water partition coefficient (Wildman–Crippen LogP) is 5.83. The summed E-state index contributed by atoms with van der Waals surface area (Å²) < 4.78 is 0. The average Bonchev–Trinajstić information content (AvgIpc) is 3.29. The molecule has 3 aromatic carbocycles. The van der Waals surface area contributed by atoms with Crippen molar-refractivity contribution in [3.63, 3.8) is 0 Å². The van der Waals surface area contributed by atoms with E-state index in [1.54, 1.807) is 4.80 Å². The van der Waals surface area contributed by atoms with Gasteiger partial charge in [-0.05, 0) is 73.0 Å². The van der Waals surface area contributed by atoms with Gasteiger partial charge in [0, 0.05) is 35.7 Å². The molecule has 1 fully saturated rings. The number of aryl methyl sites for hydroxylation is 1. The second-order valence-corrected chi connectivity index (χ2v) is 9.00. The lowest BCUT2D eigenvalue weighted by atomic mass is 10.0. The Kier molecular flexibility index (Phi) is 6.17. The molecule has 4 aromatic rings. The molecule has 0 unspecified atom stereocenters. The molecule has 1 aromatic heterocycles. The van der Waals surface area contributed by atoms with Gasteiger partial charge in [-0.25, -0.2) is 0 Å². The van der Waals surface area contributed by atoms with Gasteiger partial charge in [0.15, 0.2) is 0 Å². The molecule has 2 heterocycles. The van der Waals surface area contributed by atoms with Crippen LogP contribution in [0.5, 0.6) is 0 Å². The lowest BCUT2D eigenvalue weighted by molar-refractivity contribution is 0.760. The summed E-state index contributed by atoms with van der Waals surface area (Å²) in [5, 5.41) is 15.6. The first-order valence-electron chi connectivity index (χ1n) is 12.0. The minimum absolute atomic E-state index is 0.687. The second-order valence-electron chi connectivity index (χ2n) is 9.00. The molecule has 6 heteroatoms. The molecular formula is C30H30N6. The molecule has 0 radical (unpaired) electrons. The molecule has 0 spiro atoms. The summed E-state index contributed by atoms with van der Waals surface area (Å²) in [4.78, 5) is 4.08. The number of fused-ring (bicyclic) bond motifs is 1. The van der Waals surface area contributed by atoms with Crippen LogP contribution in [-0.4, -0.2) is 21.5 Å². The Morgan fingerprint density at radius 3 is 2.14 bits per heavy atom. The molecular weight excluding hydrogens is 444 g/mol. The van der Waals surface area contributed by atoms with Gasteiger partial charge in [0.2, 0.25) is 0 Å². The zero-order chi connectivity index (χ0) is 25.2. The summed E-state index contributed by atoms with van der Waals surface area (Å²) >= 11 is 0. The lowest BCUT2D eigenvalue weighted by Gasteiger charge is -2.26. The van der Waals surface area contributed by atoms with Crippen LogP contribution in [0.4, 0.5) is 5.69 Å². The van der Waals surface area contributed by atoms with Gasteiger partial charge in [0.05, 0.1) is 5.69 Å². The van der Waals surface area contributed by atoms with Crippen LogP contribution < -0.4 is 15.5 Å². The van der Waals surface area contributed by atoms with Crippen LogP contribution in [-0.2, 0) is 6.54 Å². The van der Waals surface area contributed by atoms with E-state index >= 15 is 0 Å². The van der Waals surface area contributed by atoms with Crippen LogP contribution in [0.1, 0.15) is 23.6 Å². The quantitative estimate of drug-likeness (QED) is 0.368. The van der Waals surface area contributed by atoms with Crippen LogP contribution in [0.3, 0.4) is 0 Å². The van der Waals surface area contributed by atoms with E-state index in [-0.39, 0.29) is 0 Å². The number of aromatic nitrogens is 3. The smallest absolute Gasteiger partial charge is 0.113 e. The van der Waals surface area contributed by atoms with Crippen LogP contribution in [0.25, 0.3) is 22.8 Å². The van der Waals surface area contributed by atoms with Crippen molar-refractivity contribution in [3.8, 4) is 5.69 Å². The summed E-state index contributed by atoms with van der Waals surface area (Å²) in [6.07, 6.45) is 2.07. The van der Waals surface area contributed by atoms with E-state index in [0.717, 1.165) is 58.0 Å². The number of nitrogens with zero attached hydrogens (tertiary/aromatic N) is 4. The Balaban J connectivity index is 1.37. The van der Waals surface area contributed by atoms with E-state index in [0.29, 0.717) is 5.82 Å². The molecule has 1 aliphatic rings. The van der Waals surface area contributed by atoms with E-state index in [4.69, 9.17) is 0 Å². The molecule has 2 N–H and O–H groups in total. The van der Waals surface area contributed by atoms with E-state index in [9.17, 15) is 0 Å². The Bertz CT molecular complexity index is 1450. The molecule has 180 valence electrons. The molecule has 36 heavy (non-hydrogen) atoms. The second kappa shape index (κ2) is 9.58. The number of anilines is 1. The fourth-order valence-electron chi connectivity index (χ4n) is 4.46. The van der Waals surface area contributed by atoms with E-state index in [1.165, 1.54) is 11.1 Å². The molecule has 5 rings (SSSR count). The van der Waals surface area contributed by atoms with Crippen molar-refractivity contribution in [1.82, 2.24) is 25.6 Å². The zero-order valence-corrected chi connectivity index (χ0v) is 20.8. The SMILES string of the molecule is C=C1NC(=C)C(=Cc2ccc(N(CC)Cc3cc(C)cc(-n4nc5ccccc5n4)c3)cc2)C(=C)N1. The highest BCUT2D eigenvalue weighted by atomic mass is 15.5. The molecule has 0 saturated carbocycles. The van der Waals surface area contributed by atoms with Crippen LogP contribution in [0.2, 0.25) is 0 Å². The number of hydrogen-bond donors (Lipinski definition) is 2. The highest BCUT2D eigenvalue weighted by Gasteiger charge is 2.15. The molecule has 6 nitrogen and oxygen atoms in total. The lowest BCUT2D eigenvalue weighted by Crippen LogP contribution is -2.32. The van der Waals surface area contributed by atoms with Crippen molar-refractivity contribution < 1.29 is 0 Å². The third kappa shape index (κ3) is 4.79. The minimum atomic E-state index is 0.687. The van der Waals surface area contributed by atoms with Crippen LogP contribution in [0.15, 0.2) is 109 Å². The van der Waals surface area contributed by atoms with E-state index in [2.05, 4.69) is 108 Å². The van der Waals surface area contributed by atoms with Crippen molar-refractivity contribution in [2.24, 2.45) is 0 Å². The summed E-state index contributed by atoms with van der Waals surface area (Å²) in [5.74, 6) is 0.687. The predicted molar refractivity (Wildman–Crippen MR) is 148 cm³/mol. The Labute approximate surface area is 211 Å². The third-order valence-corrected chi connectivity index (χ3v) is 6.22. The standard InChI is InChI=1S/C30H30N6/c1-6-35(26-13-11-24(12-14-26)18-28-21(3)31-23(5)32-22(28)4)19-25-15-20(2)16-27(17-25)36-33-29-9-7-8-10-30(29)34-36/h7-18,31-32H,3-6,19H2,1-2H3. The maximum atomic E-state index is 4.66. The van der Waals surface area contributed by atoms with Crippen molar-refractivity contribution in [2.75, 3.05) is 11.4 Å². The summed E-state index contributed by atoms with van der Waals surface area (Å²) in [6, 6.07) is 23.0. The van der Waals surface area contributed by atoms with E-state index in [1.807, 2.05) is 24.3 Å². The van der Waals surface area contributed by atoms with Gasteiger partial charge in [-0.2, -0.15) is 4.80 Å². The first-order chi connectivity index (χ1) is 17.4. The molecule has 0 aliphatic carbocycles. The number of nitrogens with one attached hydrogen (secondary N) is 2. The normalized spacial score (nSPS) is 13.5. The Morgan fingerprint density at radius 1 is 0.889 bits per heavy atom. The van der Waals surface area contributed by atoms with Crippen molar-refractivity contribution in [1.29, 1.82) is 0 Å². The summed E-state index contributed by atoms with van der Waals surface area (Å²) in [5.41, 5.74) is 9.91. The van der Waals surface area contributed by atoms with Gasteiger partial charge in [0.25, 0.3) is 0 Å². The highest BCUT2D eigenvalue weighted by Crippen LogP contribution is 2.25. The highest BCUT2D eigenvalue weighted by molar-refractivity contribution is 5.73. The maximum Gasteiger partial charge on any atom is 0.113 e. The van der Waals surface area contributed by atoms with Crippen LogP contribution >= 0.6 is 0 Å². The Morgan fingerprint density at radius 2 is 1.53 bits per heavy atom. The number of rotatable bonds is 6. The number of benzene rings is 3. The largest absolute Gasteiger partial charge is 0.367 e. The third-order valence-electron chi connectivity index (χ3n) is 6.22. The maximum absolute atomic E-state index is 4.66. The molecule has 1 saturated heterocycles. The number of hydrogen-bond acceptors (Lipinski definition) is 5. The van der Waals surface area contributed by atoms with Crippen molar-refractivity contribution >= 4 is 22.8 Å². The molecule has 1 aliphatic heterocycles. The summed E-state index contributed by atoms with van der Waals surface area (Å²) in [7, 11) is 0.